The van der Waals surface area contributed by atoms with Gasteiger partial charge in [0, 0.05) is 11.5 Å². The lowest BCUT2D eigenvalue weighted by Gasteiger charge is -2.56. The lowest BCUT2D eigenvalue weighted by atomic mass is 9.48. The van der Waals surface area contributed by atoms with Gasteiger partial charge >= 0.3 is 5.97 Å². The molecule has 0 radical (unpaired) electrons. The number of carbonyl (C=O) groups is 2. The van der Waals surface area contributed by atoms with Crippen molar-refractivity contribution < 1.29 is 14.7 Å². The first-order chi connectivity index (χ1) is 11.8. The first kappa shape index (κ1) is 16.9. The van der Waals surface area contributed by atoms with Crippen LogP contribution >= 0.6 is 0 Å². The lowest BCUT2D eigenvalue weighted by molar-refractivity contribution is -0.133. The summed E-state index contributed by atoms with van der Waals surface area (Å²) in [6.45, 7) is 4.63. The second-order valence-corrected chi connectivity index (χ2v) is 9.24. The average molecular weight is 343 g/mol. The molecule has 0 saturated heterocycles. The molecule has 136 valence electrons. The topological polar surface area (TPSA) is 80.4 Å². The number of aliphatic carboxylic acids is 1. The Kier molecular flexibility index (Phi) is 3.68. The number of hydrogen-bond acceptors (Lipinski definition) is 2. The molecule has 0 spiro atoms. The van der Waals surface area contributed by atoms with Crippen molar-refractivity contribution in [1.82, 2.24) is 0 Å². The molecule has 4 aliphatic rings. The van der Waals surface area contributed by atoms with Gasteiger partial charge in [0.2, 0.25) is 5.91 Å². The summed E-state index contributed by atoms with van der Waals surface area (Å²) in [5.74, 6) is 0.917. The number of carbonyl (C=O) groups excluding carboxylic acids is 1. The largest absolute Gasteiger partial charge is 0.478 e. The Balaban J connectivity index is 1.68. The van der Waals surface area contributed by atoms with Gasteiger partial charge in [-0.05, 0) is 85.2 Å². The van der Waals surface area contributed by atoms with E-state index in [0.717, 1.165) is 38.5 Å². The Morgan fingerprint density at radius 3 is 2.60 bits per heavy atom. The Bertz CT molecular complexity index is 693. The van der Waals surface area contributed by atoms with Crippen molar-refractivity contribution in [3.05, 3.63) is 23.3 Å². The molecule has 0 heterocycles. The van der Waals surface area contributed by atoms with E-state index >= 15 is 0 Å². The summed E-state index contributed by atoms with van der Waals surface area (Å²) in [4.78, 5) is 23.3. The van der Waals surface area contributed by atoms with Crippen LogP contribution in [0.3, 0.4) is 0 Å². The van der Waals surface area contributed by atoms with Crippen molar-refractivity contribution in [3.63, 3.8) is 0 Å². The van der Waals surface area contributed by atoms with Crippen molar-refractivity contribution >= 4 is 11.9 Å². The number of amides is 1. The smallest absolute Gasteiger partial charge is 0.331 e. The predicted octanol–water partition coefficient (Wildman–Crippen LogP) is 3.67. The average Bonchev–Trinajstić information content (AvgIpc) is 2.91. The maximum Gasteiger partial charge on any atom is 0.331 e. The van der Waals surface area contributed by atoms with Gasteiger partial charge in [-0.25, -0.2) is 4.79 Å². The van der Waals surface area contributed by atoms with E-state index in [1.807, 2.05) is 6.08 Å². The summed E-state index contributed by atoms with van der Waals surface area (Å²) in [5, 5.41) is 9.34. The highest BCUT2D eigenvalue weighted by atomic mass is 16.4. The molecule has 0 aromatic rings. The third kappa shape index (κ3) is 2.25. The van der Waals surface area contributed by atoms with Crippen LogP contribution in [0.4, 0.5) is 0 Å². The first-order valence-electron chi connectivity index (χ1n) is 9.71. The molecule has 0 aromatic carbocycles. The van der Waals surface area contributed by atoms with Gasteiger partial charge in [0.05, 0.1) is 0 Å². The van der Waals surface area contributed by atoms with Gasteiger partial charge in [-0.1, -0.05) is 19.9 Å². The molecular formula is C21H29NO3. The molecule has 0 unspecified atom stereocenters. The number of primary amides is 1. The number of fused-ring (bicyclic) bond motifs is 5. The fourth-order valence-electron chi connectivity index (χ4n) is 6.96. The van der Waals surface area contributed by atoms with Crippen LogP contribution in [0.5, 0.6) is 0 Å². The third-order valence-corrected chi connectivity index (χ3v) is 8.39. The number of allylic oxidation sites excluding steroid dienone is 3. The van der Waals surface area contributed by atoms with Gasteiger partial charge in [0.15, 0.2) is 0 Å². The Morgan fingerprint density at radius 1 is 1.16 bits per heavy atom. The van der Waals surface area contributed by atoms with E-state index in [2.05, 4.69) is 19.9 Å². The van der Waals surface area contributed by atoms with Crippen LogP contribution in [0.2, 0.25) is 0 Å². The molecule has 0 bridgehead atoms. The summed E-state index contributed by atoms with van der Waals surface area (Å²) >= 11 is 0. The quantitative estimate of drug-likeness (QED) is 0.803. The minimum Gasteiger partial charge on any atom is -0.478 e. The fraction of sp³-hybridized carbons (Fsp3) is 0.714. The Hall–Kier alpha value is -1.58. The summed E-state index contributed by atoms with van der Waals surface area (Å²) in [6, 6.07) is 0. The standard InChI is InChI=1S/C21H29NO3/c1-20-9-7-12(19(24)25)11-13(20)3-4-14-15-5-6-17(18(22)23)21(15,2)10-8-16(14)20/h3,11,14-17H,4-10H2,1-2H3,(H2,22,23)(H,24,25)/t14-,15-,16-,17+,20-,21-/m0/s1. The SMILES string of the molecule is C[C@]12CC[C@H]3[C@@H](CC=C4C=C(C(=O)O)CC[C@@]43C)[C@@H]1CC[C@@H]2C(N)=O. The molecule has 4 heteroatoms. The molecule has 2 saturated carbocycles. The maximum atomic E-state index is 12.0. The van der Waals surface area contributed by atoms with E-state index in [9.17, 15) is 14.7 Å². The Morgan fingerprint density at radius 2 is 1.92 bits per heavy atom. The molecule has 2 fully saturated rings. The van der Waals surface area contributed by atoms with Gasteiger partial charge in [-0.15, -0.1) is 0 Å². The highest BCUT2D eigenvalue weighted by molar-refractivity contribution is 5.87. The monoisotopic (exact) mass is 343 g/mol. The van der Waals surface area contributed by atoms with E-state index in [1.54, 1.807) is 0 Å². The highest BCUT2D eigenvalue weighted by Gasteiger charge is 2.59. The van der Waals surface area contributed by atoms with Gasteiger partial charge in [0.1, 0.15) is 0 Å². The molecule has 4 aliphatic carbocycles. The second kappa shape index (κ2) is 5.46. The predicted molar refractivity (Wildman–Crippen MR) is 95.5 cm³/mol. The summed E-state index contributed by atoms with van der Waals surface area (Å²) in [7, 11) is 0. The van der Waals surface area contributed by atoms with Crippen LogP contribution in [-0.4, -0.2) is 17.0 Å². The van der Waals surface area contributed by atoms with Crippen LogP contribution in [0.1, 0.15) is 58.8 Å². The zero-order valence-corrected chi connectivity index (χ0v) is 15.3. The molecule has 4 rings (SSSR count). The van der Waals surface area contributed by atoms with Gasteiger partial charge in [-0.2, -0.15) is 0 Å². The minimum atomic E-state index is -0.776. The number of carboxylic acids is 1. The minimum absolute atomic E-state index is 0.0292. The van der Waals surface area contributed by atoms with Crippen LogP contribution in [-0.2, 0) is 9.59 Å². The molecule has 25 heavy (non-hydrogen) atoms. The van der Waals surface area contributed by atoms with Gasteiger partial charge < -0.3 is 10.8 Å². The molecule has 4 nitrogen and oxygen atoms in total. The highest BCUT2D eigenvalue weighted by Crippen LogP contribution is 2.65. The van der Waals surface area contributed by atoms with Crippen molar-refractivity contribution in [2.75, 3.05) is 0 Å². The molecule has 3 N–H and O–H groups in total. The fourth-order valence-corrected chi connectivity index (χ4v) is 6.96. The summed E-state index contributed by atoms with van der Waals surface area (Å²) in [6.07, 6.45) is 11.1. The van der Waals surface area contributed by atoms with Crippen molar-refractivity contribution in [2.24, 2.45) is 40.2 Å². The van der Waals surface area contributed by atoms with Crippen LogP contribution in [0.25, 0.3) is 0 Å². The maximum absolute atomic E-state index is 12.0. The number of carboxylic acid groups (broad SMARTS) is 1. The summed E-state index contributed by atoms with van der Waals surface area (Å²) in [5.41, 5.74) is 7.67. The molecule has 6 atom stereocenters. The number of nitrogens with two attached hydrogens (primary N) is 1. The molecular weight excluding hydrogens is 314 g/mol. The first-order valence-corrected chi connectivity index (χ1v) is 9.71. The second-order valence-electron chi connectivity index (χ2n) is 9.24. The van der Waals surface area contributed by atoms with E-state index in [4.69, 9.17) is 5.73 Å². The van der Waals surface area contributed by atoms with Crippen LogP contribution in [0.15, 0.2) is 23.3 Å². The number of rotatable bonds is 2. The van der Waals surface area contributed by atoms with E-state index in [1.165, 1.54) is 5.57 Å². The normalized spacial score (nSPS) is 45.5. The molecule has 0 aromatic heterocycles. The third-order valence-electron chi connectivity index (χ3n) is 8.39. The van der Waals surface area contributed by atoms with Crippen LogP contribution in [0, 0.1) is 34.5 Å². The van der Waals surface area contributed by atoms with E-state index in [-0.39, 0.29) is 22.7 Å². The van der Waals surface area contributed by atoms with Crippen molar-refractivity contribution in [2.45, 2.75) is 58.8 Å². The zero-order valence-electron chi connectivity index (χ0n) is 15.3. The zero-order chi connectivity index (χ0) is 18.0. The molecule has 1 amide bonds. The molecule has 0 aliphatic heterocycles. The lowest BCUT2D eigenvalue weighted by Crippen LogP contribution is -2.50. The van der Waals surface area contributed by atoms with Gasteiger partial charge in [0.25, 0.3) is 0 Å². The van der Waals surface area contributed by atoms with Gasteiger partial charge in [-0.3, -0.25) is 4.79 Å². The van der Waals surface area contributed by atoms with E-state index < -0.39 is 5.97 Å². The van der Waals surface area contributed by atoms with Crippen molar-refractivity contribution in [3.8, 4) is 0 Å². The Labute approximate surface area is 149 Å². The number of hydrogen-bond donors (Lipinski definition) is 2. The van der Waals surface area contributed by atoms with Crippen LogP contribution < -0.4 is 5.73 Å². The summed E-state index contributed by atoms with van der Waals surface area (Å²) < 4.78 is 0. The van der Waals surface area contributed by atoms with E-state index in [0.29, 0.717) is 29.7 Å². The van der Waals surface area contributed by atoms with Crippen molar-refractivity contribution in [1.29, 1.82) is 0 Å².